The molecule has 0 atom stereocenters. The van der Waals surface area contributed by atoms with Crippen LogP contribution >= 0.6 is 0 Å². The topological polar surface area (TPSA) is 105 Å². The number of nitrogens with one attached hydrogen (secondary N) is 1. The molecule has 1 aliphatic heterocycles. The van der Waals surface area contributed by atoms with Crippen molar-refractivity contribution in [1.29, 1.82) is 0 Å². The number of nitro benzene ring substituents is 1. The fourth-order valence-corrected chi connectivity index (χ4v) is 4.10. The largest absolute Gasteiger partial charge is 0.357 e. The molecule has 0 radical (unpaired) electrons. The predicted octanol–water partition coefficient (Wildman–Crippen LogP) is 1.57. The fraction of sp³-hybridized carbons (Fsp3) is 0.562. The molecule has 9 heteroatoms. The van der Waals surface area contributed by atoms with Crippen LogP contribution in [0.4, 0.5) is 5.69 Å². The van der Waals surface area contributed by atoms with E-state index in [0.29, 0.717) is 31.2 Å². The summed E-state index contributed by atoms with van der Waals surface area (Å²) in [7, 11) is -3.14. The summed E-state index contributed by atoms with van der Waals surface area (Å²) in [6.45, 7) is 6.81. The lowest BCUT2D eigenvalue weighted by atomic mass is 10.2. The molecule has 0 amide bonds. The van der Waals surface area contributed by atoms with E-state index in [-0.39, 0.29) is 18.0 Å². The average molecular weight is 368 g/mol. The minimum Gasteiger partial charge on any atom is -0.357 e. The number of aliphatic imine (C=N–C) groups is 1. The predicted molar refractivity (Wildman–Crippen MR) is 97.4 cm³/mol. The molecular weight excluding hydrogens is 344 g/mol. The van der Waals surface area contributed by atoms with Crippen LogP contribution in [0.25, 0.3) is 0 Å². The molecule has 25 heavy (non-hydrogen) atoms. The zero-order valence-electron chi connectivity index (χ0n) is 14.7. The van der Waals surface area contributed by atoms with Crippen molar-refractivity contribution in [2.45, 2.75) is 32.1 Å². The van der Waals surface area contributed by atoms with Crippen LogP contribution in [0.1, 0.15) is 26.3 Å². The van der Waals surface area contributed by atoms with E-state index in [1.807, 2.05) is 11.8 Å². The van der Waals surface area contributed by atoms with Crippen LogP contribution in [0, 0.1) is 10.1 Å². The molecule has 0 saturated carbocycles. The first kappa shape index (κ1) is 19.2. The van der Waals surface area contributed by atoms with Crippen LogP contribution in [-0.4, -0.2) is 54.3 Å². The Kier molecular flexibility index (Phi) is 5.66. The molecule has 1 aromatic carbocycles. The zero-order chi connectivity index (χ0) is 18.7. The molecule has 2 rings (SSSR count). The number of sulfone groups is 1. The molecule has 0 aromatic heterocycles. The summed E-state index contributed by atoms with van der Waals surface area (Å²) in [5, 5.41) is 14.3. The lowest BCUT2D eigenvalue weighted by molar-refractivity contribution is -0.385. The summed E-state index contributed by atoms with van der Waals surface area (Å²) in [4.78, 5) is 17.1. The van der Waals surface area contributed by atoms with Crippen molar-refractivity contribution in [3.8, 4) is 0 Å². The molecule has 138 valence electrons. The van der Waals surface area contributed by atoms with E-state index >= 15 is 0 Å². The van der Waals surface area contributed by atoms with E-state index in [1.54, 1.807) is 32.0 Å². The summed E-state index contributed by atoms with van der Waals surface area (Å²) in [5.41, 5.74) is 0.551. The Morgan fingerprint density at radius 2 is 2.08 bits per heavy atom. The molecule has 1 saturated heterocycles. The third-order valence-corrected chi connectivity index (χ3v) is 6.80. The van der Waals surface area contributed by atoms with Crippen molar-refractivity contribution in [3.63, 3.8) is 0 Å². The van der Waals surface area contributed by atoms with Gasteiger partial charge in [0, 0.05) is 25.7 Å². The van der Waals surface area contributed by atoms with Crippen molar-refractivity contribution in [2.24, 2.45) is 4.99 Å². The van der Waals surface area contributed by atoms with E-state index in [2.05, 4.69) is 10.3 Å². The van der Waals surface area contributed by atoms with Gasteiger partial charge < -0.3 is 10.2 Å². The molecule has 8 nitrogen and oxygen atoms in total. The average Bonchev–Trinajstić information content (AvgIpc) is 2.54. The monoisotopic (exact) mass is 368 g/mol. The molecule has 0 aliphatic carbocycles. The molecule has 0 unspecified atom stereocenters. The molecule has 1 N–H and O–H groups in total. The maximum absolute atomic E-state index is 12.2. The van der Waals surface area contributed by atoms with Crippen molar-refractivity contribution >= 4 is 21.5 Å². The second-order valence-corrected chi connectivity index (χ2v) is 9.30. The fourth-order valence-electron chi connectivity index (χ4n) is 2.73. The van der Waals surface area contributed by atoms with Gasteiger partial charge in [-0.15, -0.1) is 0 Å². The minimum absolute atomic E-state index is 0.0312. The number of hydrogen-bond donors (Lipinski definition) is 1. The highest BCUT2D eigenvalue weighted by Crippen LogP contribution is 2.24. The first-order valence-corrected chi connectivity index (χ1v) is 9.81. The van der Waals surface area contributed by atoms with Crippen LogP contribution in [0.2, 0.25) is 0 Å². The molecule has 0 bridgehead atoms. The van der Waals surface area contributed by atoms with Gasteiger partial charge in [0.1, 0.15) is 0 Å². The molecule has 0 spiro atoms. The number of guanidine groups is 1. The maximum Gasteiger partial charge on any atom is 0.274 e. The lowest BCUT2D eigenvalue weighted by Gasteiger charge is -2.39. The van der Waals surface area contributed by atoms with Crippen LogP contribution < -0.4 is 5.32 Å². The summed E-state index contributed by atoms with van der Waals surface area (Å²) in [6, 6.07) is 6.49. The minimum atomic E-state index is -3.14. The third kappa shape index (κ3) is 4.28. The van der Waals surface area contributed by atoms with Crippen molar-refractivity contribution in [2.75, 3.05) is 25.4 Å². The van der Waals surface area contributed by atoms with Gasteiger partial charge >= 0.3 is 0 Å². The first-order chi connectivity index (χ1) is 11.7. The Balaban J connectivity index is 2.24. The first-order valence-electron chi connectivity index (χ1n) is 8.16. The van der Waals surface area contributed by atoms with Gasteiger partial charge in [0.25, 0.3) is 5.69 Å². The SMILES string of the molecule is CCNC(=NCc1ccccc1[N+](=O)[O-])N1CCS(=O)(=O)C(C)(C)C1. The summed E-state index contributed by atoms with van der Waals surface area (Å²) in [6.07, 6.45) is 0. The quantitative estimate of drug-likeness (QED) is 0.374. The van der Waals surface area contributed by atoms with Gasteiger partial charge in [-0.3, -0.25) is 10.1 Å². The number of para-hydroxylation sites is 1. The number of benzene rings is 1. The van der Waals surface area contributed by atoms with E-state index in [0.717, 1.165) is 0 Å². The molecule has 1 heterocycles. The number of nitro groups is 1. The van der Waals surface area contributed by atoms with Gasteiger partial charge in [-0.1, -0.05) is 18.2 Å². The highest BCUT2D eigenvalue weighted by Gasteiger charge is 2.40. The smallest absolute Gasteiger partial charge is 0.274 e. The van der Waals surface area contributed by atoms with Crippen LogP contribution in [-0.2, 0) is 16.4 Å². The standard InChI is InChI=1S/C16H24N4O4S/c1-4-17-15(19-9-10-25(23,24)16(2,3)12-19)18-11-13-7-5-6-8-14(13)20(21)22/h5-8H,4,9-12H2,1-3H3,(H,17,18). The van der Waals surface area contributed by atoms with Crippen molar-refractivity contribution < 1.29 is 13.3 Å². The normalized spacial score (nSPS) is 19.5. The van der Waals surface area contributed by atoms with Crippen LogP contribution in [0.15, 0.2) is 29.3 Å². The number of rotatable bonds is 4. The second kappa shape index (κ2) is 7.38. The summed E-state index contributed by atoms with van der Waals surface area (Å²) >= 11 is 0. The zero-order valence-corrected chi connectivity index (χ0v) is 15.5. The van der Waals surface area contributed by atoms with E-state index in [9.17, 15) is 18.5 Å². The maximum atomic E-state index is 12.2. The van der Waals surface area contributed by atoms with Crippen LogP contribution in [0.5, 0.6) is 0 Å². The van der Waals surface area contributed by atoms with Gasteiger partial charge in [-0.05, 0) is 20.8 Å². The second-order valence-electron chi connectivity index (χ2n) is 6.56. The van der Waals surface area contributed by atoms with Gasteiger partial charge in [0.15, 0.2) is 15.8 Å². The van der Waals surface area contributed by atoms with Crippen molar-refractivity contribution in [3.05, 3.63) is 39.9 Å². The Labute approximate surface area is 148 Å². The Hall–Kier alpha value is -2.16. The molecule has 1 fully saturated rings. The summed E-state index contributed by atoms with van der Waals surface area (Å²) in [5.74, 6) is 0.638. The van der Waals surface area contributed by atoms with Gasteiger partial charge in [-0.2, -0.15) is 0 Å². The van der Waals surface area contributed by atoms with Gasteiger partial charge in [-0.25, -0.2) is 13.4 Å². The number of nitrogens with zero attached hydrogens (tertiary/aromatic N) is 3. The van der Waals surface area contributed by atoms with E-state index in [1.165, 1.54) is 6.07 Å². The van der Waals surface area contributed by atoms with E-state index in [4.69, 9.17) is 0 Å². The van der Waals surface area contributed by atoms with E-state index < -0.39 is 19.5 Å². The van der Waals surface area contributed by atoms with Crippen LogP contribution in [0.3, 0.4) is 0 Å². The molecular formula is C16H24N4O4S. The number of hydrogen-bond acceptors (Lipinski definition) is 5. The third-order valence-electron chi connectivity index (χ3n) is 4.27. The Morgan fingerprint density at radius 3 is 2.68 bits per heavy atom. The highest BCUT2D eigenvalue weighted by molar-refractivity contribution is 7.92. The lowest BCUT2D eigenvalue weighted by Crippen LogP contribution is -2.57. The van der Waals surface area contributed by atoms with Crippen molar-refractivity contribution in [1.82, 2.24) is 10.2 Å². The molecule has 1 aliphatic rings. The Bertz CT molecular complexity index is 774. The highest BCUT2D eigenvalue weighted by atomic mass is 32.2. The Morgan fingerprint density at radius 1 is 1.40 bits per heavy atom. The van der Waals surface area contributed by atoms with Gasteiger partial charge in [0.05, 0.1) is 27.5 Å². The summed E-state index contributed by atoms with van der Waals surface area (Å²) < 4.78 is 23.5. The molecule has 1 aromatic rings. The van der Waals surface area contributed by atoms with Gasteiger partial charge in [0.2, 0.25) is 0 Å².